The molecule has 4 rings (SSSR count). The van der Waals surface area contributed by atoms with Gasteiger partial charge in [0.25, 0.3) is 0 Å². The van der Waals surface area contributed by atoms with Crippen LogP contribution in [0, 0.1) is 4.77 Å². The molecule has 6 nitrogen and oxygen atoms in total. The fourth-order valence-electron chi connectivity index (χ4n) is 3.08. The van der Waals surface area contributed by atoms with E-state index in [4.69, 9.17) is 21.7 Å². The molecule has 3 aromatic carbocycles. The van der Waals surface area contributed by atoms with Crippen molar-refractivity contribution < 1.29 is 9.47 Å². The third kappa shape index (κ3) is 4.01. The summed E-state index contributed by atoms with van der Waals surface area (Å²) in [4.78, 5) is 0. The van der Waals surface area contributed by atoms with Gasteiger partial charge in [-0.3, -0.25) is 0 Å². The lowest BCUT2D eigenvalue weighted by molar-refractivity contribution is 0.355. The zero-order valence-electron chi connectivity index (χ0n) is 16.6. The Morgan fingerprint density at radius 2 is 1.53 bits per heavy atom. The van der Waals surface area contributed by atoms with Crippen molar-refractivity contribution in [2.75, 3.05) is 14.2 Å². The lowest BCUT2D eigenvalue weighted by Gasteiger charge is -2.09. The van der Waals surface area contributed by atoms with Crippen molar-refractivity contribution in [3.63, 3.8) is 0 Å². The number of aromatic nitrogens is 3. The summed E-state index contributed by atoms with van der Waals surface area (Å²) < 4.78 is 12.7. The molecule has 0 unspecified atom stereocenters. The van der Waals surface area contributed by atoms with Gasteiger partial charge < -0.3 is 9.47 Å². The normalized spacial score (nSPS) is 11.0. The van der Waals surface area contributed by atoms with Crippen LogP contribution in [0.15, 0.2) is 77.9 Å². The molecule has 4 aromatic rings. The molecular formula is C23H20N4O2S. The van der Waals surface area contributed by atoms with Gasteiger partial charge in [-0.05, 0) is 47.1 Å². The molecule has 150 valence electrons. The van der Waals surface area contributed by atoms with Gasteiger partial charge in [-0.15, -0.1) is 0 Å². The molecule has 0 atom stereocenters. The van der Waals surface area contributed by atoms with E-state index in [0.717, 1.165) is 16.7 Å². The molecule has 1 heterocycles. The van der Waals surface area contributed by atoms with Gasteiger partial charge in [-0.2, -0.15) is 14.9 Å². The Balaban J connectivity index is 1.62. The van der Waals surface area contributed by atoms with E-state index in [-0.39, 0.29) is 0 Å². The highest BCUT2D eigenvalue weighted by atomic mass is 32.1. The van der Waals surface area contributed by atoms with Crippen LogP contribution in [-0.2, 0) is 0 Å². The van der Waals surface area contributed by atoms with Crippen LogP contribution in [0.5, 0.6) is 11.5 Å². The molecule has 0 saturated heterocycles. The van der Waals surface area contributed by atoms with Crippen LogP contribution < -0.4 is 9.47 Å². The van der Waals surface area contributed by atoms with E-state index in [1.165, 1.54) is 5.56 Å². The van der Waals surface area contributed by atoms with E-state index in [9.17, 15) is 0 Å². The molecule has 0 aliphatic carbocycles. The maximum absolute atomic E-state index is 5.39. The van der Waals surface area contributed by atoms with E-state index < -0.39 is 0 Å². The first-order valence-corrected chi connectivity index (χ1v) is 9.70. The van der Waals surface area contributed by atoms with Gasteiger partial charge in [0.05, 0.1) is 20.4 Å². The highest BCUT2D eigenvalue weighted by Gasteiger charge is 2.12. The number of aromatic amines is 1. The Morgan fingerprint density at radius 3 is 2.23 bits per heavy atom. The minimum atomic E-state index is 0.400. The van der Waals surface area contributed by atoms with Gasteiger partial charge in [-0.1, -0.05) is 54.6 Å². The van der Waals surface area contributed by atoms with Crippen LogP contribution in [0.25, 0.3) is 22.5 Å². The van der Waals surface area contributed by atoms with E-state index >= 15 is 0 Å². The van der Waals surface area contributed by atoms with E-state index in [1.54, 1.807) is 25.1 Å². The zero-order chi connectivity index (χ0) is 20.9. The largest absolute Gasteiger partial charge is 0.493 e. The molecule has 0 bridgehead atoms. The van der Waals surface area contributed by atoms with Gasteiger partial charge in [0.2, 0.25) is 4.77 Å². The summed E-state index contributed by atoms with van der Waals surface area (Å²) in [6.07, 6.45) is 1.75. The SMILES string of the molecule is COc1ccc(-c2n[nH]c(=S)n2N=Cc2ccc(-c3ccccc3)cc2)cc1OC. The second-order valence-electron chi connectivity index (χ2n) is 6.47. The molecule has 0 saturated carbocycles. The van der Waals surface area contributed by atoms with Crippen LogP contribution in [0.1, 0.15) is 5.56 Å². The average Bonchev–Trinajstić information content (AvgIpc) is 3.18. The van der Waals surface area contributed by atoms with Crippen molar-refractivity contribution in [2.24, 2.45) is 5.10 Å². The standard InChI is InChI=1S/C23H20N4O2S/c1-28-20-13-12-19(14-21(20)29-2)22-25-26-23(30)27(22)24-15-16-8-10-18(11-9-16)17-6-4-3-5-7-17/h3-15H,1-2H3,(H,26,30). The molecule has 0 aliphatic heterocycles. The number of benzene rings is 3. The molecule has 1 aromatic heterocycles. The third-order valence-electron chi connectivity index (χ3n) is 4.63. The van der Waals surface area contributed by atoms with Crippen molar-refractivity contribution in [3.8, 4) is 34.0 Å². The van der Waals surface area contributed by atoms with Gasteiger partial charge in [-0.25, -0.2) is 5.10 Å². The Morgan fingerprint density at radius 1 is 0.867 bits per heavy atom. The highest BCUT2D eigenvalue weighted by molar-refractivity contribution is 7.71. The predicted octanol–water partition coefficient (Wildman–Crippen LogP) is 5.17. The molecule has 0 aliphatic rings. The van der Waals surface area contributed by atoms with E-state index in [2.05, 4.69) is 39.6 Å². The summed E-state index contributed by atoms with van der Waals surface area (Å²) in [7, 11) is 3.19. The molecular weight excluding hydrogens is 396 g/mol. The number of hydrogen-bond acceptors (Lipinski definition) is 5. The Hall–Kier alpha value is -3.71. The Bertz CT molecular complexity index is 1230. The summed E-state index contributed by atoms with van der Waals surface area (Å²) in [5.74, 6) is 1.83. The zero-order valence-corrected chi connectivity index (χ0v) is 17.4. The lowest BCUT2D eigenvalue weighted by atomic mass is 10.0. The number of H-pyrrole nitrogens is 1. The number of hydrogen-bond donors (Lipinski definition) is 1. The smallest absolute Gasteiger partial charge is 0.216 e. The molecule has 0 fully saturated rings. The van der Waals surface area contributed by atoms with Gasteiger partial charge in [0.15, 0.2) is 17.3 Å². The van der Waals surface area contributed by atoms with Crippen LogP contribution >= 0.6 is 12.2 Å². The first kappa shape index (κ1) is 19.6. The predicted molar refractivity (Wildman–Crippen MR) is 121 cm³/mol. The molecule has 0 amide bonds. The van der Waals surface area contributed by atoms with Gasteiger partial charge in [0, 0.05) is 5.56 Å². The van der Waals surface area contributed by atoms with Gasteiger partial charge >= 0.3 is 0 Å². The summed E-state index contributed by atoms with van der Waals surface area (Å²) in [6, 6.07) is 24.0. The number of rotatable bonds is 6. The van der Waals surface area contributed by atoms with Crippen LogP contribution in [0.2, 0.25) is 0 Å². The topological polar surface area (TPSA) is 64.4 Å². The minimum Gasteiger partial charge on any atom is -0.493 e. The maximum Gasteiger partial charge on any atom is 0.216 e. The van der Waals surface area contributed by atoms with Crippen molar-refractivity contribution in [1.29, 1.82) is 0 Å². The second kappa shape index (κ2) is 8.75. The molecule has 0 spiro atoms. The van der Waals surface area contributed by atoms with Crippen LogP contribution in [0.4, 0.5) is 0 Å². The highest BCUT2D eigenvalue weighted by Crippen LogP contribution is 2.31. The summed E-state index contributed by atoms with van der Waals surface area (Å²) >= 11 is 5.36. The number of methoxy groups -OCH3 is 2. The van der Waals surface area contributed by atoms with Gasteiger partial charge in [0.1, 0.15) is 0 Å². The summed E-state index contributed by atoms with van der Waals surface area (Å²) in [5.41, 5.74) is 4.08. The maximum atomic E-state index is 5.39. The van der Waals surface area contributed by atoms with Crippen molar-refractivity contribution in [2.45, 2.75) is 0 Å². The van der Waals surface area contributed by atoms with E-state index in [0.29, 0.717) is 22.1 Å². The first-order chi connectivity index (χ1) is 14.7. The summed E-state index contributed by atoms with van der Waals surface area (Å²) in [6.45, 7) is 0. The van der Waals surface area contributed by atoms with E-state index in [1.807, 2.05) is 48.5 Å². The van der Waals surface area contributed by atoms with Crippen LogP contribution in [-0.4, -0.2) is 35.3 Å². The minimum absolute atomic E-state index is 0.400. The fourth-order valence-corrected chi connectivity index (χ4v) is 3.26. The monoisotopic (exact) mass is 416 g/mol. The second-order valence-corrected chi connectivity index (χ2v) is 6.85. The fraction of sp³-hybridized carbons (Fsp3) is 0.0870. The number of ether oxygens (including phenoxy) is 2. The Kier molecular flexibility index (Phi) is 5.72. The van der Waals surface area contributed by atoms with Crippen LogP contribution in [0.3, 0.4) is 0 Å². The third-order valence-corrected chi connectivity index (χ3v) is 4.90. The number of nitrogens with zero attached hydrogens (tertiary/aromatic N) is 3. The van der Waals surface area contributed by atoms with Crippen molar-refractivity contribution in [1.82, 2.24) is 14.9 Å². The van der Waals surface area contributed by atoms with Crippen molar-refractivity contribution >= 4 is 18.4 Å². The summed E-state index contributed by atoms with van der Waals surface area (Å²) in [5, 5.41) is 11.7. The molecule has 7 heteroatoms. The average molecular weight is 417 g/mol. The lowest BCUT2D eigenvalue weighted by Crippen LogP contribution is -1.96. The molecule has 0 radical (unpaired) electrons. The molecule has 1 N–H and O–H groups in total. The Labute approximate surface area is 179 Å². The van der Waals surface area contributed by atoms with Crippen molar-refractivity contribution in [3.05, 3.63) is 83.1 Å². The number of nitrogens with one attached hydrogen (secondary N) is 1. The first-order valence-electron chi connectivity index (χ1n) is 9.29. The molecule has 30 heavy (non-hydrogen) atoms. The quantitative estimate of drug-likeness (QED) is 0.348.